The number of hydrogen-bond acceptors (Lipinski definition) is 1. The molecule has 0 unspecified atom stereocenters. The van der Waals surface area contributed by atoms with E-state index >= 15 is 0 Å². The number of benzene rings is 2. The van der Waals surface area contributed by atoms with E-state index in [4.69, 9.17) is 11.6 Å². The maximum atomic E-state index is 14.5. The van der Waals surface area contributed by atoms with E-state index in [1.54, 1.807) is 0 Å². The van der Waals surface area contributed by atoms with Crippen LogP contribution in [0.25, 0.3) is 0 Å². The first-order chi connectivity index (χ1) is 16.8. The zero-order valence-electron chi connectivity index (χ0n) is 20.9. The second-order valence-electron chi connectivity index (χ2n) is 11.0. The van der Waals surface area contributed by atoms with Crippen molar-refractivity contribution < 1.29 is 17.9 Å². The van der Waals surface area contributed by atoms with E-state index in [-0.39, 0.29) is 10.8 Å². The van der Waals surface area contributed by atoms with Gasteiger partial charge >= 0.3 is 6.61 Å². The Labute approximate surface area is 213 Å². The number of rotatable bonds is 8. The summed E-state index contributed by atoms with van der Waals surface area (Å²) in [4.78, 5) is 0. The molecule has 0 spiro atoms. The Morgan fingerprint density at radius 1 is 0.829 bits per heavy atom. The average molecular weight is 507 g/mol. The van der Waals surface area contributed by atoms with Crippen molar-refractivity contribution in [3.05, 3.63) is 63.9 Å². The first-order valence-electron chi connectivity index (χ1n) is 13.3. The molecule has 2 fully saturated rings. The largest absolute Gasteiger partial charge is 0.433 e. The van der Waals surface area contributed by atoms with Crippen LogP contribution in [0.3, 0.4) is 0 Å². The van der Waals surface area contributed by atoms with E-state index in [9.17, 15) is 13.2 Å². The molecule has 5 heteroatoms. The van der Waals surface area contributed by atoms with Crippen LogP contribution in [0, 0.1) is 29.5 Å². The van der Waals surface area contributed by atoms with Crippen molar-refractivity contribution in [3.63, 3.8) is 0 Å². The molecule has 0 aromatic heterocycles. The van der Waals surface area contributed by atoms with Crippen LogP contribution in [-0.4, -0.2) is 6.61 Å². The van der Waals surface area contributed by atoms with Gasteiger partial charge in [-0.05, 0) is 117 Å². The second-order valence-corrected chi connectivity index (χ2v) is 11.4. The van der Waals surface area contributed by atoms with Crippen molar-refractivity contribution in [1.29, 1.82) is 0 Å². The number of halogens is 4. The molecule has 2 saturated carbocycles. The van der Waals surface area contributed by atoms with Gasteiger partial charge in [0.05, 0.1) is 0 Å². The molecule has 2 aromatic rings. The maximum Gasteiger partial charge on any atom is 0.387 e. The fourth-order valence-electron chi connectivity index (χ4n) is 6.39. The Bertz CT molecular complexity index is 943. The number of hydrogen-bond donors (Lipinski definition) is 0. The van der Waals surface area contributed by atoms with Crippen LogP contribution in [0.15, 0.2) is 36.4 Å². The van der Waals surface area contributed by atoms with Crippen molar-refractivity contribution in [2.45, 2.75) is 90.6 Å². The minimum atomic E-state index is -3.03. The highest BCUT2D eigenvalue weighted by molar-refractivity contribution is 6.32. The summed E-state index contributed by atoms with van der Waals surface area (Å²) in [6.45, 7) is 1.72. The summed E-state index contributed by atoms with van der Waals surface area (Å²) in [6.07, 6.45) is 12.1. The van der Waals surface area contributed by atoms with Crippen LogP contribution in [-0.2, 0) is 12.8 Å². The lowest BCUT2D eigenvalue weighted by molar-refractivity contribution is -0.0499. The van der Waals surface area contributed by atoms with Crippen molar-refractivity contribution in [1.82, 2.24) is 0 Å². The highest BCUT2D eigenvalue weighted by Gasteiger charge is 2.31. The summed E-state index contributed by atoms with van der Waals surface area (Å²) >= 11 is 5.88. The van der Waals surface area contributed by atoms with Gasteiger partial charge in [-0.1, -0.05) is 55.8 Å². The zero-order chi connectivity index (χ0) is 24.9. The molecule has 0 aliphatic heterocycles. The molecule has 4 rings (SSSR count). The molecule has 1 nitrogen and oxygen atoms in total. The molecule has 0 bridgehead atoms. The highest BCUT2D eigenvalue weighted by atomic mass is 35.5. The molecule has 35 heavy (non-hydrogen) atoms. The molecule has 2 aliphatic carbocycles. The number of ether oxygens (including phenoxy) is 1. The van der Waals surface area contributed by atoms with E-state index in [0.29, 0.717) is 24.3 Å². The van der Waals surface area contributed by atoms with Gasteiger partial charge in [0.25, 0.3) is 0 Å². The standard InChI is InChI=1S/C30H38ClF3O/c1-19(2)21-9-11-23(12-10-21)25-15-13-24(14-16-25)22-6-3-20(4-7-22)5-8-26-17-18-27(35-30(33)34)28(31)29(26)32/h3-4,6-7,17-19,21,23-25,30H,5,8-16H2,1-2H3. The minimum Gasteiger partial charge on any atom is -0.433 e. The van der Waals surface area contributed by atoms with Gasteiger partial charge in [-0.3, -0.25) is 0 Å². The van der Waals surface area contributed by atoms with Crippen LogP contribution in [0.1, 0.15) is 87.8 Å². The summed E-state index contributed by atoms with van der Waals surface area (Å²) in [5.41, 5.74) is 2.95. The molecule has 192 valence electrons. The van der Waals surface area contributed by atoms with E-state index in [1.165, 1.54) is 69.1 Å². The third-order valence-corrected chi connectivity index (χ3v) is 9.03. The summed E-state index contributed by atoms with van der Waals surface area (Å²) in [6, 6.07) is 11.5. The van der Waals surface area contributed by atoms with Gasteiger partial charge in [-0.15, -0.1) is 0 Å². The number of aryl methyl sites for hydroxylation is 2. The first-order valence-corrected chi connectivity index (χ1v) is 13.7. The molecule has 2 aromatic carbocycles. The monoisotopic (exact) mass is 506 g/mol. The predicted octanol–water partition coefficient (Wildman–Crippen LogP) is 9.60. The Kier molecular flexibility index (Phi) is 9.07. The Balaban J connectivity index is 1.26. The third-order valence-electron chi connectivity index (χ3n) is 8.67. The summed E-state index contributed by atoms with van der Waals surface area (Å²) < 4.78 is 43.6. The topological polar surface area (TPSA) is 9.23 Å². The Hall–Kier alpha value is -1.68. The van der Waals surface area contributed by atoms with E-state index in [0.717, 1.165) is 29.2 Å². The SMILES string of the molecule is CC(C)C1CCC(C2CCC(c3ccc(CCc4ccc(OC(F)F)c(Cl)c4F)cc3)CC2)CC1. The lowest BCUT2D eigenvalue weighted by atomic mass is 9.67. The fourth-order valence-corrected chi connectivity index (χ4v) is 6.62. The van der Waals surface area contributed by atoms with Gasteiger partial charge in [0.2, 0.25) is 0 Å². The van der Waals surface area contributed by atoms with Crippen molar-refractivity contribution >= 4 is 11.6 Å². The minimum absolute atomic E-state index is 0.328. The predicted molar refractivity (Wildman–Crippen MR) is 137 cm³/mol. The molecule has 0 heterocycles. The molecule has 0 N–H and O–H groups in total. The molecule has 0 radical (unpaired) electrons. The third kappa shape index (κ3) is 6.76. The van der Waals surface area contributed by atoms with Gasteiger partial charge in [0.15, 0.2) is 0 Å². The van der Waals surface area contributed by atoms with Crippen LogP contribution in [0.2, 0.25) is 5.02 Å². The van der Waals surface area contributed by atoms with Crippen LogP contribution in [0.4, 0.5) is 13.2 Å². The Morgan fingerprint density at radius 3 is 2.00 bits per heavy atom. The fraction of sp³-hybridized carbons (Fsp3) is 0.600. The van der Waals surface area contributed by atoms with Crippen LogP contribution >= 0.6 is 11.6 Å². The molecule has 0 amide bonds. The normalized spacial score (nSPS) is 25.3. The van der Waals surface area contributed by atoms with Crippen LogP contribution in [0.5, 0.6) is 5.75 Å². The quantitative estimate of drug-likeness (QED) is 0.346. The van der Waals surface area contributed by atoms with Gasteiger partial charge in [-0.2, -0.15) is 8.78 Å². The van der Waals surface area contributed by atoms with Crippen molar-refractivity contribution in [3.8, 4) is 5.75 Å². The zero-order valence-corrected chi connectivity index (χ0v) is 21.7. The molecule has 0 saturated heterocycles. The van der Waals surface area contributed by atoms with Gasteiger partial charge in [0.1, 0.15) is 16.6 Å². The number of alkyl halides is 2. The summed E-state index contributed by atoms with van der Waals surface area (Å²) in [5.74, 6) is 3.26. The average Bonchev–Trinajstić information content (AvgIpc) is 2.87. The molecular weight excluding hydrogens is 469 g/mol. The van der Waals surface area contributed by atoms with Gasteiger partial charge in [0, 0.05) is 0 Å². The van der Waals surface area contributed by atoms with Crippen molar-refractivity contribution in [2.75, 3.05) is 0 Å². The summed E-state index contributed by atoms with van der Waals surface area (Å²) in [7, 11) is 0. The van der Waals surface area contributed by atoms with E-state index in [1.807, 2.05) is 0 Å². The van der Waals surface area contributed by atoms with Gasteiger partial charge in [-0.25, -0.2) is 4.39 Å². The van der Waals surface area contributed by atoms with E-state index in [2.05, 4.69) is 42.8 Å². The van der Waals surface area contributed by atoms with Crippen LogP contribution < -0.4 is 4.74 Å². The molecule has 2 aliphatic rings. The van der Waals surface area contributed by atoms with Crippen molar-refractivity contribution in [2.24, 2.45) is 23.7 Å². The van der Waals surface area contributed by atoms with E-state index < -0.39 is 12.4 Å². The smallest absolute Gasteiger partial charge is 0.387 e. The second kappa shape index (κ2) is 12.0. The van der Waals surface area contributed by atoms with Gasteiger partial charge < -0.3 is 4.74 Å². The summed E-state index contributed by atoms with van der Waals surface area (Å²) in [5, 5.41) is -0.387. The maximum absolute atomic E-state index is 14.5. The Morgan fingerprint density at radius 2 is 1.43 bits per heavy atom. The lowest BCUT2D eigenvalue weighted by Crippen LogP contribution is -2.26. The molecular formula is C30H38ClF3O. The molecule has 0 atom stereocenters. The first kappa shape index (κ1) is 26.4. The highest BCUT2D eigenvalue weighted by Crippen LogP contribution is 2.45. The lowest BCUT2D eigenvalue weighted by Gasteiger charge is -2.39.